The zero-order valence-electron chi connectivity index (χ0n) is 11.3. The number of hydrogen-bond acceptors (Lipinski definition) is 3. The van der Waals surface area contributed by atoms with Gasteiger partial charge in [-0.25, -0.2) is 9.00 Å². The van der Waals surface area contributed by atoms with E-state index in [-0.39, 0.29) is 12.0 Å². The molecular formula is C12H23NO4S. The Morgan fingerprint density at radius 1 is 1.39 bits per heavy atom. The summed E-state index contributed by atoms with van der Waals surface area (Å²) in [5.74, 6) is 0.533. The first-order valence-corrected chi connectivity index (χ1v) is 7.61. The van der Waals surface area contributed by atoms with Gasteiger partial charge in [-0.1, -0.05) is 0 Å². The summed E-state index contributed by atoms with van der Waals surface area (Å²) < 4.78 is 25.0. The Balaban J connectivity index is 2.46. The average molecular weight is 277 g/mol. The summed E-state index contributed by atoms with van der Waals surface area (Å²) in [6.45, 7) is 6.82. The minimum atomic E-state index is -1.74. The van der Waals surface area contributed by atoms with E-state index >= 15 is 0 Å². The summed E-state index contributed by atoms with van der Waals surface area (Å²) in [6, 6.07) is 0. The molecule has 1 heterocycles. The van der Waals surface area contributed by atoms with Gasteiger partial charge in [0.1, 0.15) is 5.60 Å². The van der Waals surface area contributed by atoms with Crippen LogP contribution in [0.2, 0.25) is 0 Å². The van der Waals surface area contributed by atoms with Crippen LogP contribution in [0.15, 0.2) is 0 Å². The Morgan fingerprint density at radius 2 is 2.06 bits per heavy atom. The van der Waals surface area contributed by atoms with Gasteiger partial charge in [0.25, 0.3) is 0 Å². The second kappa shape index (κ2) is 6.52. The van der Waals surface area contributed by atoms with Crippen molar-refractivity contribution < 1.29 is 18.3 Å². The maximum atomic E-state index is 11.9. The summed E-state index contributed by atoms with van der Waals surface area (Å²) in [7, 11) is 0. The second-order valence-electron chi connectivity index (χ2n) is 5.75. The Labute approximate surface area is 111 Å². The Bertz CT molecular complexity index is 314. The normalized spacial score (nSPS) is 23.3. The van der Waals surface area contributed by atoms with E-state index in [0.717, 1.165) is 19.3 Å². The van der Waals surface area contributed by atoms with Crippen LogP contribution in [-0.2, 0) is 15.8 Å². The standard InChI is InChI=1S/C12H23NO4S/c1-12(2,3)17-11(14)13-7-4-5-10(6-8-13)9-18(15)16/h10H,4-9H2,1-3H3,(H,15,16). The van der Waals surface area contributed by atoms with Crippen LogP contribution in [0.5, 0.6) is 0 Å². The molecule has 1 fully saturated rings. The molecule has 0 bridgehead atoms. The van der Waals surface area contributed by atoms with Gasteiger partial charge >= 0.3 is 6.09 Å². The van der Waals surface area contributed by atoms with Crippen LogP contribution in [0.25, 0.3) is 0 Å². The lowest BCUT2D eigenvalue weighted by Gasteiger charge is -2.26. The second-order valence-corrected chi connectivity index (χ2v) is 6.73. The number of carbonyl (C=O) groups is 1. The molecular weight excluding hydrogens is 254 g/mol. The largest absolute Gasteiger partial charge is 0.444 e. The summed E-state index contributed by atoms with van der Waals surface area (Å²) in [5.41, 5.74) is -0.477. The Kier molecular flexibility index (Phi) is 5.59. The molecule has 0 aromatic heterocycles. The summed E-state index contributed by atoms with van der Waals surface area (Å²) >= 11 is -1.74. The van der Waals surface area contributed by atoms with E-state index < -0.39 is 16.7 Å². The molecule has 0 saturated carbocycles. The number of hydrogen-bond donors (Lipinski definition) is 1. The predicted octanol–water partition coefficient (Wildman–Crippen LogP) is 2.25. The van der Waals surface area contributed by atoms with Crippen LogP contribution in [-0.4, -0.2) is 44.2 Å². The summed E-state index contributed by atoms with van der Waals surface area (Å²) in [6.07, 6.45) is 2.24. The molecule has 6 heteroatoms. The van der Waals surface area contributed by atoms with Gasteiger partial charge in [-0.05, 0) is 46.0 Å². The highest BCUT2D eigenvalue weighted by molar-refractivity contribution is 7.79. The van der Waals surface area contributed by atoms with E-state index in [2.05, 4.69) is 0 Å². The number of amides is 1. The quantitative estimate of drug-likeness (QED) is 0.786. The minimum absolute atomic E-state index is 0.225. The first kappa shape index (κ1) is 15.4. The van der Waals surface area contributed by atoms with Gasteiger partial charge in [-0.15, -0.1) is 0 Å². The molecule has 18 heavy (non-hydrogen) atoms. The Hall–Kier alpha value is -0.620. The van der Waals surface area contributed by atoms with Crippen LogP contribution < -0.4 is 0 Å². The van der Waals surface area contributed by atoms with Crippen LogP contribution in [0.4, 0.5) is 4.79 Å². The molecule has 106 valence electrons. The highest BCUT2D eigenvalue weighted by Gasteiger charge is 2.25. The van der Waals surface area contributed by atoms with Gasteiger partial charge in [0, 0.05) is 13.1 Å². The highest BCUT2D eigenvalue weighted by atomic mass is 32.2. The van der Waals surface area contributed by atoms with Crippen LogP contribution in [0.1, 0.15) is 40.0 Å². The fraction of sp³-hybridized carbons (Fsp3) is 0.917. The zero-order chi connectivity index (χ0) is 13.8. The molecule has 2 atom stereocenters. The predicted molar refractivity (Wildman–Crippen MR) is 70.8 cm³/mol. The van der Waals surface area contributed by atoms with Gasteiger partial charge in [-0.3, -0.25) is 0 Å². The molecule has 0 aliphatic carbocycles. The Morgan fingerprint density at radius 3 is 2.61 bits per heavy atom. The van der Waals surface area contributed by atoms with Gasteiger partial charge in [0.05, 0.1) is 5.75 Å². The lowest BCUT2D eigenvalue weighted by atomic mass is 10.0. The van der Waals surface area contributed by atoms with Crippen molar-refractivity contribution in [2.45, 2.75) is 45.6 Å². The van der Waals surface area contributed by atoms with E-state index in [4.69, 9.17) is 9.29 Å². The van der Waals surface area contributed by atoms with E-state index in [9.17, 15) is 9.00 Å². The smallest absolute Gasteiger partial charge is 0.410 e. The van der Waals surface area contributed by atoms with Gasteiger partial charge in [-0.2, -0.15) is 0 Å². The van der Waals surface area contributed by atoms with Crippen molar-refractivity contribution >= 4 is 17.2 Å². The summed E-state index contributed by atoms with van der Waals surface area (Å²) in [5, 5.41) is 0. The van der Waals surface area contributed by atoms with Gasteiger partial charge in [0.2, 0.25) is 0 Å². The number of rotatable bonds is 2. The van der Waals surface area contributed by atoms with E-state index in [1.54, 1.807) is 4.90 Å². The molecule has 1 aliphatic heterocycles. The third-order valence-electron chi connectivity index (χ3n) is 2.88. The fourth-order valence-corrected chi connectivity index (χ4v) is 2.78. The van der Waals surface area contributed by atoms with Crippen molar-refractivity contribution in [1.29, 1.82) is 0 Å². The molecule has 1 N–H and O–H groups in total. The van der Waals surface area contributed by atoms with Crippen molar-refractivity contribution in [2.75, 3.05) is 18.8 Å². The molecule has 0 spiro atoms. The third kappa shape index (κ3) is 5.82. The van der Waals surface area contributed by atoms with Crippen molar-refractivity contribution in [2.24, 2.45) is 5.92 Å². The minimum Gasteiger partial charge on any atom is -0.444 e. The first-order valence-electron chi connectivity index (χ1n) is 6.33. The lowest BCUT2D eigenvalue weighted by Crippen LogP contribution is -2.37. The maximum Gasteiger partial charge on any atom is 0.410 e. The molecule has 1 aliphatic rings. The maximum absolute atomic E-state index is 11.9. The van der Waals surface area contributed by atoms with Gasteiger partial charge < -0.3 is 14.2 Å². The van der Waals surface area contributed by atoms with Crippen LogP contribution in [0, 0.1) is 5.92 Å². The van der Waals surface area contributed by atoms with Crippen LogP contribution >= 0.6 is 0 Å². The van der Waals surface area contributed by atoms with Crippen molar-refractivity contribution in [1.82, 2.24) is 4.90 Å². The molecule has 0 aromatic rings. The summed E-state index contributed by atoms with van der Waals surface area (Å²) in [4.78, 5) is 13.6. The fourth-order valence-electron chi connectivity index (χ4n) is 2.04. The van der Waals surface area contributed by atoms with E-state index in [0.29, 0.717) is 18.8 Å². The number of likely N-dealkylation sites (tertiary alicyclic amines) is 1. The van der Waals surface area contributed by atoms with Gasteiger partial charge in [0.15, 0.2) is 11.1 Å². The molecule has 1 saturated heterocycles. The molecule has 5 nitrogen and oxygen atoms in total. The number of ether oxygens (including phenoxy) is 1. The van der Waals surface area contributed by atoms with Crippen LogP contribution in [0.3, 0.4) is 0 Å². The van der Waals surface area contributed by atoms with E-state index in [1.807, 2.05) is 20.8 Å². The molecule has 0 aromatic carbocycles. The third-order valence-corrected chi connectivity index (χ3v) is 3.63. The number of carbonyl (C=O) groups excluding carboxylic acids is 1. The number of nitrogens with zero attached hydrogens (tertiary/aromatic N) is 1. The van der Waals surface area contributed by atoms with E-state index in [1.165, 1.54) is 0 Å². The molecule has 1 amide bonds. The SMILES string of the molecule is CC(C)(C)OC(=O)N1CCCC(CS(=O)O)CC1. The molecule has 2 unspecified atom stereocenters. The molecule has 0 radical (unpaired) electrons. The zero-order valence-corrected chi connectivity index (χ0v) is 12.2. The lowest BCUT2D eigenvalue weighted by molar-refractivity contribution is 0.0255. The topological polar surface area (TPSA) is 66.8 Å². The van der Waals surface area contributed by atoms with Crippen molar-refractivity contribution in [3.8, 4) is 0 Å². The average Bonchev–Trinajstić information content (AvgIpc) is 2.39. The highest BCUT2D eigenvalue weighted by Crippen LogP contribution is 2.20. The van der Waals surface area contributed by atoms with Crippen molar-refractivity contribution in [3.05, 3.63) is 0 Å². The molecule has 1 rings (SSSR count). The first-order chi connectivity index (χ1) is 8.28. The monoisotopic (exact) mass is 277 g/mol. The van der Waals surface area contributed by atoms with Crippen molar-refractivity contribution in [3.63, 3.8) is 0 Å².